The fourth-order valence-electron chi connectivity index (χ4n) is 1.37. The molecule has 0 aromatic carbocycles. The maximum absolute atomic E-state index is 10.6. The van der Waals surface area contributed by atoms with E-state index in [4.69, 9.17) is 11.5 Å². The van der Waals surface area contributed by atoms with Gasteiger partial charge in [-0.15, -0.1) is 0 Å². The Labute approximate surface area is 78.4 Å². The Morgan fingerprint density at radius 2 is 2.38 bits per heavy atom. The number of carbonyl (C=O) groups excluding carboxylic acids is 1. The van der Waals surface area contributed by atoms with Gasteiger partial charge in [0.05, 0.1) is 6.04 Å². The van der Waals surface area contributed by atoms with E-state index in [0.717, 1.165) is 19.3 Å². The normalized spacial score (nSPS) is 24.2. The number of nitrogens with one attached hydrogen (secondary N) is 1. The lowest BCUT2D eigenvalue weighted by Crippen LogP contribution is -2.47. The van der Waals surface area contributed by atoms with Crippen LogP contribution in [0, 0.1) is 0 Å². The van der Waals surface area contributed by atoms with Crippen LogP contribution in [0.3, 0.4) is 0 Å². The Bertz CT molecular complexity index is 203. The van der Waals surface area contributed by atoms with Crippen molar-refractivity contribution in [2.24, 2.45) is 11.5 Å². The summed E-state index contributed by atoms with van der Waals surface area (Å²) in [5.41, 5.74) is 10.5. The minimum atomic E-state index is -0.564. The standard InChI is InChI=1S/C9H17N3O/c10-8(9(11)13)6-12-7-4-2-1-3-5-7/h1-2,7-8,12H,3-6,10H2,(H2,11,13). The Hall–Kier alpha value is -0.870. The maximum atomic E-state index is 10.6. The first-order valence-electron chi connectivity index (χ1n) is 4.63. The molecule has 0 radical (unpaired) electrons. The molecular weight excluding hydrogens is 166 g/mol. The SMILES string of the molecule is NC(=O)C(N)CNC1CC=CCC1. The monoisotopic (exact) mass is 183 g/mol. The van der Waals surface area contributed by atoms with Crippen molar-refractivity contribution in [3.05, 3.63) is 12.2 Å². The summed E-state index contributed by atoms with van der Waals surface area (Å²) in [4.78, 5) is 10.6. The average molecular weight is 183 g/mol. The second-order valence-electron chi connectivity index (χ2n) is 3.40. The van der Waals surface area contributed by atoms with Gasteiger partial charge in [-0.25, -0.2) is 0 Å². The number of amides is 1. The molecular formula is C9H17N3O. The van der Waals surface area contributed by atoms with Crippen LogP contribution in [0.1, 0.15) is 19.3 Å². The van der Waals surface area contributed by atoms with Crippen LogP contribution in [0.25, 0.3) is 0 Å². The molecule has 0 fully saturated rings. The van der Waals surface area contributed by atoms with Gasteiger partial charge in [0.2, 0.25) is 5.91 Å². The molecule has 1 aliphatic rings. The fourth-order valence-corrected chi connectivity index (χ4v) is 1.37. The number of allylic oxidation sites excluding steroid dienone is 1. The van der Waals surface area contributed by atoms with E-state index < -0.39 is 11.9 Å². The highest BCUT2D eigenvalue weighted by molar-refractivity contribution is 5.79. The molecule has 0 aromatic heterocycles. The Balaban J connectivity index is 2.18. The molecule has 4 nitrogen and oxygen atoms in total. The van der Waals surface area contributed by atoms with E-state index in [1.165, 1.54) is 0 Å². The van der Waals surface area contributed by atoms with Gasteiger partial charge in [0.25, 0.3) is 0 Å². The quantitative estimate of drug-likeness (QED) is 0.514. The highest BCUT2D eigenvalue weighted by Crippen LogP contribution is 2.09. The molecule has 0 bridgehead atoms. The number of hydrogen-bond acceptors (Lipinski definition) is 3. The lowest BCUT2D eigenvalue weighted by molar-refractivity contribution is -0.119. The van der Waals surface area contributed by atoms with Crippen molar-refractivity contribution in [2.75, 3.05) is 6.54 Å². The second-order valence-corrected chi connectivity index (χ2v) is 3.40. The summed E-state index contributed by atoms with van der Waals surface area (Å²) in [6, 6.07) is -0.110. The molecule has 1 rings (SSSR count). The highest BCUT2D eigenvalue weighted by atomic mass is 16.1. The minimum absolute atomic E-state index is 0.446. The summed E-state index contributed by atoms with van der Waals surface area (Å²) >= 11 is 0. The predicted molar refractivity (Wildman–Crippen MR) is 52.0 cm³/mol. The van der Waals surface area contributed by atoms with E-state index in [9.17, 15) is 4.79 Å². The Kier molecular flexibility index (Phi) is 3.92. The molecule has 74 valence electrons. The smallest absolute Gasteiger partial charge is 0.235 e. The largest absolute Gasteiger partial charge is 0.368 e. The molecule has 0 saturated heterocycles. The topological polar surface area (TPSA) is 81.1 Å². The molecule has 2 atom stereocenters. The average Bonchev–Trinajstić information content (AvgIpc) is 2.15. The number of primary amides is 1. The van der Waals surface area contributed by atoms with Gasteiger partial charge in [-0.1, -0.05) is 12.2 Å². The lowest BCUT2D eigenvalue weighted by atomic mass is 10.0. The van der Waals surface area contributed by atoms with Crippen molar-refractivity contribution in [2.45, 2.75) is 31.3 Å². The van der Waals surface area contributed by atoms with E-state index in [1.54, 1.807) is 0 Å². The molecule has 0 spiro atoms. The van der Waals surface area contributed by atoms with Gasteiger partial charge >= 0.3 is 0 Å². The summed E-state index contributed by atoms with van der Waals surface area (Å²) in [7, 11) is 0. The number of hydrogen-bond donors (Lipinski definition) is 3. The summed E-state index contributed by atoms with van der Waals surface area (Å²) < 4.78 is 0. The second kappa shape index (κ2) is 4.99. The Morgan fingerprint density at radius 1 is 1.62 bits per heavy atom. The molecule has 1 aliphatic carbocycles. The molecule has 5 N–H and O–H groups in total. The van der Waals surface area contributed by atoms with Crippen LogP contribution in [0.2, 0.25) is 0 Å². The summed E-state index contributed by atoms with van der Waals surface area (Å²) in [5, 5.41) is 3.23. The first-order valence-corrected chi connectivity index (χ1v) is 4.63. The first-order chi connectivity index (χ1) is 6.20. The maximum Gasteiger partial charge on any atom is 0.235 e. The molecule has 13 heavy (non-hydrogen) atoms. The van der Waals surface area contributed by atoms with E-state index in [0.29, 0.717) is 12.6 Å². The van der Waals surface area contributed by atoms with E-state index in [1.807, 2.05) is 0 Å². The van der Waals surface area contributed by atoms with Crippen molar-refractivity contribution in [1.82, 2.24) is 5.32 Å². The molecule has 0 heterocycles. The number of nitrogens with two attached hydrogens (primary N) is 2. The molecule has 1 amide bonds. The van der Waals surface area contributed by atoms with Gasteiger partial charge in [0.15, 0.2) is 0 Å². The van der Waals surface area contributed by atoms with Crippen LogP contribution >= 0.6 is 0 Å². The van der Waals surface area contributed by atoms with Crippen molar-refractivity contribution >= 4 is 5.91 Å². The fraction of sp³-hybridized carbons (Fsp3) is 0.667. The van der Waals surface area contributed by atoms with E-state index >= 15 is 0 Å². The van der Waals surface area contributed by atoms with Crippen molar-refractivity contribution in [3.8, 4) is 0 Å². The zero-order valence-corrected chi connectivity index (χ0v) is 7.70. The number of rotatable bonds is 4. The van der Waals surface area contributed by atoms with Crippen molar-refractivity contribution in [1.29, 1.82) is 0 Å². The highest BCUT2D eigenvalue weighted by Gasteiger charge is 2.13. The molecule has 4 heteroatoms. The third-order valence-corrected chi connectivity index (χ3v) is 2.26. The third-order valence-electron chi connectivity index (χ3n) is 2.26. The van der Waals surface area contributed by atoms with Gasteiger partial charge in [0, 0.05) is 12.6 Å². The van der Waals surface area contributed by atoms with E-state index in [-0.39, 0.29) is 0 Å². The predicted octanol–water partition coefficient (Wildman–Crippen LogP) is -0.503. The first kappa shape index (κ1) is 10.2. The van der Waals surface area contributed by atoms with Crippen LogP contribution in [0.4, 0.5) is 0 Å². The van der Waals surface area contributed by atoms with Crippen LogP contribution in [0.5, 0.6) is 0 Å². The van der Waals surface area contributed by atoms with Crippen molar-refractivity contribution < 1.29 is 4.79 Å². The lowest BCUT2D eigenvalue weighted by Gasteiger charge is -2.20. The summed E-state index contributed by atoms with van der Waals surface area (Å²) in [6.45, 7) is 0.480. The van der Waals surface area contributed by atoms with Crippen LogP contribution in [-0.4, -0.2) is 24.5 Å². The summed E-state index contributed by atoms with van der Waals surface area (Å²) in [6.07, 6.45) is 7.56. The Morgan fingerprint density at radius 3 is 2.92 bits per heavy atom. The van der Waals surface area contributed by atoms with Crippen LogP contribution in [-0.2, 0) is 4.79 Å². The summed E-state index contributed by atoms with van der Waals surface area (Å²) in [5.74, 6) is -0.446. The molecule has 2 unspecified atom stereocenters. The minimum Gasteiger partial charge on any atom is -0.368 e. The van der Waals surface area contributed by atoms with Gasteiger partial charge in [-0.05, 0) is 19.3 Å². The van der Waals surface area contributed by atoms with Gasteiger partial charge < -0.3 is 16.8 Å². The molecule has 0 aromatic rings. The van der Waals surface area contributed by atoms with Crippen LogP contribution < -0.4 is 16.8 Å². The third kappa shape index (κ3) is 3.57. The number of carbonyl (C=O) groups is 1. The van der Waals surface area contributed by atoms with Gasteiger partial charge in [0.1, 0.15) is 0 Å². The van der Waals surface area contributed by atoms with Crippen molar-refractivity contribution in [3.63, 3.8) is 0 Å². The zero-order valence-electron chi connectivity index (χ0n) is 7.70. The molecule has 0 aliphatic heterocycles. The molecule has 0 saturated carbocycles. The van der Waals surface area contributed by atoms with Crippen LogP contribution in [0.15, 0.2) is 12.2 Å². The van der Waals surface area contributed by atoms with E-state index in [2.05, 4.69) is 17.5 Å². The van der Waals surface area contributed by atoms with Gasteiger partial charge in [-0.3, -0.25) is 4.79 Å². The van der Waals surface area contributed by atoms with Gasteiger partial charge in [-0.2, -0.15) is 0 Å². The zero-order chi connectivity index (χ0) is 9.68.